The fourth-order valence-corrected chi connectivity index (χ4v) is 10.5. The molecule has 148 valence electrons. The molecule has 2 heteroatoms. The first kappa shape index (κ1) is 18.9. The summed E-state index contributed by atoms with van der Waals surface area (Å²) in [4.78, 5) is 2.50. The summed E-state index contributed by atoms with van der Waals surface area (Å²) >= 11 is 0. The molecule has 1 aliphatic rings. The number of nitrogens with zero attached hydrogens (tertiary/aromatic N) is 1. The van der Waals surface area contributed by atoms with Gasteiger partial charge in [0.25, 0.3) is 0 Å². The zero-order chi connectivity index (χ0) is 20.7. The van der Waals surface area contributed by atoms with Gasteiger partial charge < -0.3 is 4.90 Å². The monoisotopic (exact) mass is 405 g/mol. The van der Waals surface area contributed by atoms with Crippen LogP contribution in [0.4, 0.5) is 11.4 Å². The second-order valence-corrected chi connectivity index (χ2v) is 12.0. The lowest BCUT2D eigenvalue weighted by Gasteiger charge is -2.45. The molecule has 0 atom stereocenters. The van der Waals surface area contributed by atoms with E-state index in [4.69, 9.17) is 0 Å². The second kappa shape index (κ2) is 7.30. The minimum Gasteiger partial charge on any atom is -0.342 e. The first-order valence-electron chi connectivity index (χ1n) is 10.8. The van der Waals surface area contributed by atoms with E-state index in [1.807, 2.05) is 0 Å². The highest BCUT2D eigenvalue weighted by Crippen LogP contribution is 2.32. The van der Waals surface area contributed by atoms with Crippen LogP contribution in [-0.2, 0) is 0 Å². The molecular formula is C28H27NSi. The molecule has 0 aliphatic carbocycles. The first-order valence-corrected chi connectivity index (χ1v) is 12.8. The Morgan fingerprint density at radius 1 is 0.600 bits per heavy atom. The van der Waals surface area contributed by atoms with Gasteiger partial charge in [0.05, 0.1) is 0 Å². The third-order valence-electron chi connectivity index (χ3n) is 6.42. The summed E-state index contributed by atoms with van der Waals surface area (Å²) in [5, 5.41) is 5.90. The Bertz CT molecular complexity index is 1100. The molecule has 0 saturated heterocycles. The number of rotatable bonds is 3. The van der Waals surface area contributed by atoms with E-state index >= 15 is 0 Å². The Labute approximate surface area is 180 Å². The Balaban J connectivity index is 2.01. The fourth-order valence-electron chi connectivity index (χ4n) is 5.15. The quantitative estimate of drug-likeness (QED) is 0.463. The molecule has 0 N–H and O–H groups in total. The van der Waals surface area contributed by atoms with Crippen molar-refractivity contribution in [2.24, 2.45) is 0 Å². The Morgan fingerprint density at radius 2 is 1.03 bits per heavy atom. The lowest BCUT2D eigenvalue weighted by Crippen LogP contribution is -2.77. The normalized spacial score (nSPS) is 14.2. The smallest absolute Gasteiger partial charge is 0.184 e. The van der Waals surface area contributed by atoms with Crippen molar-refractivity contribution in [3.05, 3.63) is 108 Å². The van der Waals surface area contributed by atoms with Gasteiger partial charge in [-0.05, 0) is 53.7 Å². The van der Waals surface area contributed by atoms with Crippen molar-refractivity contribution in [2.75, 3.05) is 11.4 Å². The van der Waals surface area contributed by atoms with Gasteiger partial charge in [0.2, 0.25) is 0 Å². The molecule has 4 aromatic carbocycles. The van der Waals surface area contributed by atoms with Gasteiger partial charge in [0, 0.05) is 17.9 Å². The van der Waals surface area contributed by atoms with Gasteiger partial charge in [-0.3, -0.25) is 0 Å². The maximum Gasteiger partial charge on any atom is 0.184 e. The predicted octanol–water partition coefficient (Wildman–Crippen LogP) is 4.15. The van der Waals surface area contributed by atoms with E-state index in [1.54, 1.807) is 0 Å². The molecule has 5 rings (SSSR count). The van der Waals surface area contributed by atoms with E-state index in [0.29, 0.717) is 0 Å². The lowest BCUT2D eigenvalue weighted by molar-refractivity contribution is 1.03. The first-order chi connectivity index (χ1) is 14.7. The van der Waals surface area contributed by atoms with Crippen LogP contribution in [-0.4, -0.2) is 14.6 Å². The maximum atomic E-state index is 2.50. The van der Waals surface area contributed by atoms with E-state index in [0.717, 1.165) is 6.54 Å². The molecule has 4 aromatic rings. The highest BCUT2D eigenvalue weighted by molar-refractivity contribution is 7.21. The predicted molar refractivity (Wildman–Crippen MR) is 132 cm³/mol. The van der Waals surface area contributed by atoms with E-state index in [9.17, 15) is 0 Å². The van der Waals surface area contributed by atoms with Crippen molar-refractivity contribution in [1.29, 1.82) is 0 Å². The van der Waals surface area contributed by atoms with Crippen molar-refractivity contribution >= 4 is 40.2 Å². The van der Waals surface area contributed by atoms with Gasteiger partial charge in [-0.2, -0.15) is 0 Å². The molecule has 0 bridgehead atoms. The summed E-state index contributed by atoms with van der Waals surface area (Å²) in [6.45, 7) is 7.65. The third kappa shape index (κ3) is 2.68. The number of hydrogen-bond donors (Lipinski definition) is 0. The zero-order valence-corrected chi connectivity index (χ0v) is 18.9. The summed E-state index contributed by atoms with van der Waals surface area (Å²) in [5.41, 5.74) is 5.37. The molecule has 30 heavy (non-hydrogen) atoms. The molecule has 0 spiro atoms. The van der Waals surface area contributed by atoms with E-state index in [-0.39, 0.29) is 0 Å². The fraction of sp³-hybridized carbons (Fsp3) is 0.143. The molecule has 1 heterocycles. The molecule has 0 amide bonds. The Kier molecular flexibility index (Phi) is 4.60. The van der Waals surface area contributed by atoms with Crippen molar-refractivity contribution in [3.8, 4) is 0 Å². The van der Waals surface area contributed by atoms with Crippen LogP contribution in [0.3, 0.4) is 0 Å². The van der Waals surface area contributed by atoms with Gasteiger partial charge in [-0.25, -0.2) is 0 Å². The van der Waals surface area contributed by atoms with Gasteiger partial charge in [0.1, 0.15) is 0 Å². The Morgan fingerprint density at radius 3 is 1.43 bits per heavy atom. The number of benzene rings is 4. The minimum atomic E-state index is -2.44. The lowest BCUT2D eigenvalue weighted by atomic mass is 10.1. The van der Waals surface area contributed by atoms with Crippen LogP contribution in [0.2, 0.25) is 0 Å². The summed E-state index contributed by atoms with van der Waals surface area (Å²) in [7, 11) is -2.44. The van der Waals surface area contributed by atoms with E-state index in [2.05, 4.69) is 123 Å². The number of hydrogen-bond acceptors (Lipinski definition) is 1. The number of aryl methyl sites for hydroxylation is 2. The minimum absolute atomic E-state index is 0.959. The van der Waals surface area contributed by atoms with Gasteiger partial charge in [0.15, 0.2) is 8.07 Å². The molecule has 0 radical (unpaired) electrons. The topological polar surface area (TPSA) is 3.24 Å². The molecule has 0 aromatic heterocycles. The second-order valence-electron chi connectivity index (χ2n) is 8.27. The number of fused-ring (bicyclic) bond motifs is 2. The highest BCUT2D eigenvalue weighted by atomic mass is 28.3. The van der Waals surface area contributed by atoms with Crippen LogP contribution in [0.1, 0.15) is 18.1 Å². The van der Waals surface area contributed by atoms with Crippen LogP contribution in [0.5, 0.6) is 0 Å². The molecule has 0 saturated carbocycles. The molecule has 1 aliphatic heterocycles. The van der Waals surface area contributed by atoms with Crippen LogP contribution in [0.25, 0.3) is 0 Å². The highest BCUT2D eigenvalue weighted by Gasteiger charge is 2.48. The Hall–Kier alpha value is -3.10. The van der Waals surface area contributed by atoms with Crippen molar-refractivity contribution < 1.29 is 0 Å². The largest absolute Gasteiger partial charge is 0.342 e. The van der Waals surface area contributed by atoms with E-state index in [1.165, 1.54) is 43.2 Å². The molecular weight excluding hydrogens is 378 g/mol. The van der Waals surface area contributed by atoms with Crippen LogP contribution >= 0.6 is 0 Å². The van der Waals surface area contributed by atoms with Crippen molar-refractivity contribution in [3.63, 3.8) is 0 Å². The van der Waals surface area contributed by atoms with Gasteiger partial charge in [-0.1, -0.05) is 96.1 Å². The number of anilines is 2. The van der Waals surface area contributed by atoms with Crippen molar-refractivity contribution in [2.45, 2.75) is 20.8 Å². The zero-order valence-electron chi connectivity index (χ0n) is 17.9. The molecule has 1 nitrogen and oxygen atoms in total. The summed E-state index contributed by atoms with van der Waals surface area (Å²) in [6, 6.07) is 36.5. The average molecular weight is 406 g/mol. The maximum absolute atomic E-state index is 2.50. The summed E-state index contributed by atoms with van der Waals surface area (Å²) in [5.74, 6) is 0. The molecule has 0 fully saturated rings. The van der Waals surface area contributed by atoms with Crippen LogP contribution < -0.4 is 25.6 Å². The van der Waals surface area contributed by atoms with Crippen LogP contribution in [0.15, 0.2) is 97.1 Å². The van der Waals surface area contributed by atoms with Crippen LogP contribution in [0, 0.1) is 13.8 Å². The standard InChI is InChI=1S/C28H27NSi/c1-4-29-25-17-15-21(2)19-27(25)30(23-11-7-5-8-12-23,24-13-9-6-10-14-24)28-20-22(3)16-18-26(28)29/h5-20H,4H2,1-3H3. The summed E-state index contributed by atoms with van der Waals surface area (Å²) in [6.07, 6.45) is 0. The third-order valence-corrected chi connectivity index (χ3v) is 11.2. The van der Waals surface area contributed by atoms with E-state index < -0.39 is 8.07 Å². The van der Waals surface area contributed by atoms with Gasteiger partial charge >= 0.3 is 0 Å². The van der Waals surface area contributed by atoms with Gasteiger partial charge in [-0.15, -0.1) is 0 Å². The SMILES string of the molecule is CCN1c2ccc(C)cc2[Si](c2ccccc2)(c2ccccc2)c2cc(C)ccc21. The average Bonchev–Trinajstić information content (AvgIpc) is 2.79. The molecule has 0 unspecified atom stereocenters. The summed E-state index contributed by atoms with van der Waals surface area (Å²) < 4.78 is 0. The van der Waals surface area contributed by atoms with Crippen molar-refractivity contribution in [1.82, 2.24) is 0 Å².